The number of ether oxygens (including phenoxy) is 1. The maximum atomic E-state index is 14.7. The van der Waals surface area contributed by atoms with Gasteiger partial charge in [0.1, 0.15) is 17.7 Å². The highest BCUT2D eigenvalue weighted by atomic mass is 16.6. The third-order valence-electron chi connectivity index (χ3n) is 12.2. The molecule has 10 heteroatoms. The van der Waals surface area contributed by atoms with Gasteiger partial charge in [-0.3, -0.25) is 14.4 Å². The molecular weight excluding hydrogens is 626 g/mol. The molecule has 0 spiro atoms. The van der Waals surface area contributed by atoms with Crippen LogP contribution in [0.25, 0.3) is 11.1 Å². The van der Waals surface area contributed by atoms with Gasteiger partial charge in [0.05, 0.1) is 11.7 Å². The zero-order chi connectivity index (χ0) is 35.3. The number of amides is 2. The van der Waals surface area contributed by atoms with E-state index in [9.17, 15) is 9.59 Å². The molecule has 3 aromatic rings. The first-order chi connectivity index (χ1) is 23.8. The lowest BCUT2D eigenvalue weighted by Crippen LogP contribution is -2.52. The lowest BCUT2D eigenvalue weighted by atomic mass is 9.52. The summed E-state index contributed by atoms with van der Waals surface area (Å²) in [7, 11) is 4.06. The highest BCUT2D eigenvalue weighted by molar-refractivity contribution is 5.95. The Hall–Kier alpha value is -3.95. The summed E-state index contributed by atoms with van der Waals surface area (Å²) in [5.41, 5.74) is 3.49. The highest BCUT2D eigenvalue weighted by Gasteiger charge is 2.51. The Bertz CT molecular complexity index is 1650. The van der Waals surface area contributed by atoms with Crippen molar-refractivity contribution in [2.45, 2.75) is 109 Å². The number of rotatable bonds is 8. The second-order valence-electron chi connectivity index (χ2n) is 17.1. The molecule has 0 radical (unpaired) electrons. The Morgan fingerprint density at radius 1 is 0.900 bits per heavy atom. The van der Waals surface area contributed by atoms with E-state index in [0.717, 1.165) is 74.4 Å². The van der Waals surface area contributed by atoms with Crippen LogP contribution in [-0.4, -0.2) is 76.5 Å². The zero-order valence-corrected chi connectivity index (χ0v) is 30.9. The average molecular weight is 682 g/mol. The number of hydrogen-bond donors (Lipinski definition) is 0. The van der Waals surface area contributed by atoms with Gasteiger partial charge in [0, 0.05) is 63.8 Å². The van der Waals surface area contributed by atoms with E-state index in [1.54, 1.807) is 4.90 Å². The van der Waals surface area contributed by atoms with Crippen molar-refractivity contribution in [1.29, 1.82) is 0 Å². The van der Waals surface area contributed by atoms with Gasteiger partial charge in [-0.25, -0.2) is 14.8 Å². The van der Waals surface area contributed by atoms with E-state index in [1.165, 1.54) is 5.56 Å². The Labute approximate surface area is 297 Å². The molecule has 3 aromatic heterocycles. The summed E-state index contributed by atoms with van der Waals surface area (Å²) in [6, 6.07) is 8.52. The monoisotopic (exact) mass is 681 g/mol. The van der Waals surface area contributed by atoms with E-state index in [-0.39, 0.29) is 40.4 Å². The fourth-order valence-corrected chi connectivity index (χ4v) is 8.80. The second kappa shape index (κ2) is 13.3. The predicted octanol–water partition coefficient (Wildman–Crippen LogP) is 7.43. The fraction of sp³-hybridized carbons (Fsp3) is 0.625. The topological polar surface area (TPSA) is 96.7 Å². The minimum Gasteiger partial charge on any atom is -0.446 e. The van der Waals surface area contributed by atoms with Crippen molar-refractivity contribution >= 4 is 23.6 Å². The van der Waals surface area contributed by atoms with Crippen molar-refractivity contribution in [1.82, 2.24) is 24.6 Å². The minimum absolute atomic E-state index is 0.0598. The van der Waals surface area contributed by atoms with Crippen LogP contribution in [0.1, 0.15) is 97.5 Å². The van der Waals surface area contributed by atoms with E-state index in [4.69, 9.17) is 14.7 Å². The Kier molecular flexibility index (Phi) is 9.18. The Morgan fingerprint density at radius 3 is 2.18 bits per heavy atom. The van der Waals surface area contributed by atoms with Gasteiger partial charge >= 0.3 is 6.09 Å². The molecule has 1 saturated heterocycles. The number of anilines is 2. The van der Waals surface area contributed by atoms with Crippen molar-refractivity contribution in [2.24, 2.45) is 17.3 Å². The summed E-state index contributed by atoms with van der Waals surface area (Å²) >= 11 is 0. The van der Waals surface area contributed by atoms with Gasteiger partial charge in [0.2, 0.25) is 5.91 Å². The fourth-order valence-electron chi connectivity index (χ4n) is 8.80. The molecule has 1 aliphatic heterocycles. The normalized spacial score (nSPS) is 26.7. The van der Waals surface area contributed by atoms with Crippen LogP contribution in [0.3, 0.4) is 0 Å². The number of nitrogens with zero attached hydrogens (tertiary/aromatic N) is 7. The third kappa shape index (κ3) is 6.87. The molecule has 0 atom stereocenters. The number of likely N-dealkylation sites (tertiary alicyclic amines) is 1. The average Bonchev–Trinajstić information content (AvgIpc) is 3.62. The molecule has 0 N–H and O–H groups in total. The first kappa shape index (κ1) is 34.5. The van der Waals surface area contributed by atoms with Gasteiger partial charge < -0.3 is 14.5 Å². The zero-order valence-electron chi connectivity index (χ0n) is 30.9. The lowest BCUT2D eigenvalue weighted by molar-refractivity contribution is -0.124. The van der Waals surface area contributed by atoms with Crippen molar-refractivity contribution < 1.29 is 14.3 Å². The maximum absolute atomic E-state index is 14.7. The summed E-state index contributed by atoms with van der Waals surface area (Å²) in [4.78, 5) is 42.8. The summed E-state index contributed by atoms with van der Waals surface area (Å²) < 4.78 is 7.85. The van der Waals surface area contributed by atoms with Crippen LogP contribution >= 0.6 is 0 Å². The van der Waals surface area contributed by atoms with Gasteiger partial charge in [0.15, 0.2) is 0 Å². The van der Waals surface area contributed by atoms with E-state index < -0.39 is 0 Å². The molecule has 0 aromatic carbocycles. The summed E-state index contributed by atoms with van der Waals surface area (Å²) in [5.74, 6) is 2.28. The predicted molar refractivity (Wildman–Crippen MR) is 196 cm³/mol. The molecule has 5 fully saturated rings. The first-order valence-corrected chi connectivity index (χ1v) is 18.8. The third-order valence-corrected chi connectivity index (χ3v) is 12.2. The molecular formula is C40H55N7O3. The molecule has 0 unspecified atom stereocenters. The standard InChI is InChI=1S/C40H55N7O3/c1-28-24-45(25-28)37(49)50-33-10-7-29(8-11-33)36(48)46(35-21-30(13-20-41-35)31-22-43-47(26-31)38(2,3)4)27-39-14-17-40(18-15-39,19-16-39)32-9-12-34(42-23-32)44(5)6/h9,12-13,20-23,26,28-29,33H,7-8,10-11,14-19,24-25,27H2,1-6H3/t29-,33-,39?,40?. The number of carbonyl (C=O) groups is 2. The van der Waals surface area contributed by atoms with Crippen molar-refractivity contribution in [3.05, 3.63) is 54.6 Å². The van der Waals surface area contributed by atoms with E-state index >= 15 is 0 Å². The molecule has 268 valence electrons. The number of pyridine rings is 2. The number of fused-ring (bicyclic) bond motifs is 3. The second-order valence-corrected chi connectivity index (χ2v) is 17.1. The van der Waals surface area contributed by atoms with Crippen molar-refractivity contribution in [3.63, 3.8) is 0 Å². The van der Waals surface area contributed by atoms with Gasteiger partial charge in [-0.05, 0) is 131 Å². The van der Waals surface area contributed by atoms with Crippen LogP contribution in [0.4, 0.5) is 16.4 Å². The molecule has 5 aliphatic rings. The molecule has 50 heavy (non-hydrogen) atoms. The molecule has 2 amide bonds. The molecule has 4 aliphatic carbocycles. The van der Waals surface area contributed by atoms with Crippen molar-refractivity contribution in [2.75, 3.05) is 43.5 Å². The van der Waals surface area contributed by atoms with Crippen molar-refractivity contribution in [3.8, 4) is 11.1 Å². The van der Waals surface area contributed by atoms with Crippen LogP contribution in [-0.2, 0) is 20.5 Å². The van der Waals surface area contributed by atoms with Crippen LogP contribution in [0.15, 0.2) is 49.1 Å². The van der Waals surface area contributed by atoms with Crippen LogP contribution in [0.2, 0.25) is 0 Å². The van der Waals surface area contributed by atoms with Crippen LogP contribution in [0, 0.1) is 17.3 Å². The molecule has 10 nitrogen and oxygen atoms in total. The van der Waals surface area contributed by atoms with Gasteiger partial charge in [-0.15, -0.1) is 0 Å². The summed E-state index contributed by atoms with van der Waals surface area (Å²) in [5, 5.41) is 4.64. The Balaban J connectivity index is 1.10. The maximum Gasteiger partial charge on any atom is 0.410 e. The largest absolute Gasteiger partial charge is 0.446 e. The van der Waals surface area contributed by atoms with Gasteiger partial charge in [0.25, 0.3) is 0 Å². The van der Waals surface area contributed by atoms with Crippen LogP contribution < -0.4 is 9.80 Å². The summed E-state index contributed by atoms with van der Waals surface area (Å²) in [6.45, 7) is 10.8. The molecule has 8 rings (SSSR count). The summed E-state index contributed by atoms with van der Waals surface area (Å²) in [6.07, 6.45) is 17.0. The SMILES string of the molecule is CC1CN(C(=O)O[C@H]2CC[C@H](C(=O)N(CC34CCC(c5ccc(N(C)C)nc5)(CC3)CC4)c3cc(-c4cnn(C(C)(C)C)c4)ccn3)CC2)C1. The molecule has 4 saturated carbocycles. The highest BCUT2D eigenvalue weighted by Crippen LogP contribution is 2.58. The van der Waals surface area contributed by atoms with Gasteiger partial charge in [-0.1, -0.05) is 13.0 Å². The molecule has 4 heterocycles. The van der Waals surface area contributed by atoms with Gasteiger partial charge in [-0.2, -0.15) is 5.10 Å². The van der Waals surface area contributed by atoms with E-state index in [1.807, 2.05) is 47.0 Å². The first-order valence-electron chi connectivity index (χ1n) is 18.8. The van der Waals surface area contributed by atoms with E-state index in [2.05, 4.69) is 63.4 Å². The van der Waals surface area contributed by atoms with Crippen LogP contribution in [0.5, 0.6) is 0 Å². The Morgan fingerprint density at radius 2 is 1.60 bits per heavy atom. The lowest BCUT2D eigenvalue weighted by Gasteiger charge is -2.55. The quantitative estimate of drug-likeness (QED) is 0.244. The smallest absolute Gasteiger partial charge is 0.410 e. The van der Waals surface area contributed by atoms with E-state index in [0.29, 0.717) is 38.1 Å². The number of aromatic nitrogens is 4. The minimum atomic E-state index is -0.204. The molecule has 2 bridgehead atoms. The number of carbonyl (C=O) groups excluding carboxylic acids is 2. The number of hydrogen-bond acceptors (Lipinski definition) is 7.